The van der Waals surface area contributed by atoms with E-state index in [0.29, 0.717) is 6.54 Å². The van der Waals surface area contributed by atoms with Gasteiger partial charge in [-0.1, -0.05) is 24.3 Å². The quantitative estimate of drug-likeness (QED) is 0.856. The predicted octanol–water partition coefficient (Wildman–Crippen LogP) is 1.42. The van der Waals surface area contributed by atoms with Crippen LogP contribution in [0, 0.1) is 0 Å². The molecule has 0 atom stereocenters. The van der Waals surface area contributed by atoms with Crippen LogP contribution < -0.4 is 10.9 Å². The number of hydrogen-bond donors (Lipinski definition) is 2. The monoisotopic (exact) mass is 350 g/mol. The van der Waals surface area contributed by atoms with Gasteiger partial charge in [0.2, 0.25) is 5.91 Å². The van der Waals surface area contributed by atoms with Gasteiger partial charge in [-0.05, 0) is 33.1 Å². The largest absolute Gasteiger partial charge is 0.392 e. The van der Waals surface area contributed by atoms with Gasteiger partial charge in [0.1, 0.15) is 6.54 Å². The van der Waals surface area contributed by atoms with E-state index in [9.17, 15) is 9.59 Å². The zero-order valence-corrected chi connectivity index (χ0v) is 12.8. The fourth-order valence-corrected chi connectivity index (χ4v) is 2.25. The number of nitrogens with zero attached hydrogens (tertiary/aromatic N) is 1. The second kappa shape index (κ2) is 7.19. The molecule has 0 radical (unpaired) electrons. The van der Waals surface area contributed by atoms with Crippen LogP contribution in [0.1, 0.15) is 11.1 Å². The minimum atomic E-state index is -0.246. The Bertz CT molecular complexity index is 697. The highest BCUT2D eigenvalue weighted by Crippen LogP contribution is 2.06. The van der Waals surface area contributed by atoms with Crippen molar-refractivity contribution in [2.45, 2.75) is 19.7 Å². The third-order valence-electron chi connectivity index (χ3n) is 2.92. The third-order valence-corrected chi connectivity index (χ3v) is 3.39. The minimum absolute atomic E-state index is 0.0298. The number of halogens is 1. The Morgan fingerprint density at radius 1 is 1.24 bits per heavy atom. The summed E-state index contributed by atoms with van der Waals surface area (Å²) in [5.41, 5.74) is 1.47. The van der Waals surface area contributed by atoms with Gasteiger partial charge in [0, 0.05) is 23.3 Å². The number of carbonyl (C=O) groups is 1. The number of nitrogens with one attached hydrogen (secondary N) is 1. The van der Waals surface area contributed by atoms with Gasteiger partial charge in [-0.2, -0.15) is 0 Å². The zero-order chi connectivity index (χ0) is 15.2. The first-order valence-corrected chi connectivity index (χ1v) is 7.19. The van der Waals surface area contributed by atoms with Crippen molar-refractivity contribution < 1.29 is 9.90 Å². The molecule has 1 aromatic carbocycles. The van der Waals surface area contributed by atoms with E-state index < -0.39 is 0 Å². The molecule has 0 aliphatic carbocycles. The minimum Gasteiger partial charge on any atom is -0.392 e. The predicted molar refractivity (Wildman–Crippen MR) is 82.6 cm³/mol. The van der Waals surface area contributed by atoms with E-state index in [-0.39, 0.29) is 24.6 Å². The maximum atomic E-state index is 11.9. The highest BCUT2D eigenvalue weighted by molar-refractivity contribution is 9.10. The molecule has 1 heterocycles. The van der Waals surface area contributed by atoms with E-state index in [4.69, 9.17) is 5.11 Å². The van der Waals surface area contributed by atoms with Gasteiger partial charge in [0.25, 0.3) is 5.56 Å². The molecule has 0 saturated carbocycles. The molecule has 1 aromatic heterocycles. The molecule has 110 valence electrons. The van der Waals surface area contributed by atoms with E-state index >= 15 is 0 Å². The number of rotatable bonds is 5. The lowest BCUT2D eigenvalue weighted by Crippen LogP contribution is -2.31. The van der Waals surface area contributed by atoms with Crippen LogP contribution in [0.2, 0.25) is 0 Å². The number of aromatic nitrogens is 1. The lowest BCUT2D eigenvalue weighted by molar-refractivity contribution is -0.121. The lowest BCUT2D eigenvalue weighted by atomic mass is 10.1. The summed E-state index contributed by atoms with van der Waals surface area (Å²) in [5.74, 6) is -0.246. The van der Waals surface area contributed by atoms with Crippen LogP contribution in [-0.2, 0) is 24.5 Å². The summed E-state index contributed by atoms with van der Waals surface area (Å²) in [6.45, 7) is 0.294. The Morgan fingerprint density at radius 2 is 2.00 bits per heavy atom. The number of aliphatic hydroxyl groups is 1. The maximum absolute atomic E-state index is 11.9. The fraction of sp³-hybridized carbons (Fsp3) is 0.200. The van der Waals surface area contributed by atoms with Gasteiger partial charge < -0.3 is 15.0 Å². The molecule has 6 heteroatoms. The van der Waals surface area contributed by atoms with Crippen LogP contribution in [0.25, 0.3) is 0 Å². The van der Waals surface area contributed by atoms with Gasteiger partial charge >= 0.3 is 0 Å². The Hall–Kier alpha value is -1.92. The summed E-state index contributed by atoms with van der Waals surface area (Å²) < 4.78 is 2.08. The summed E-state index contributed by atoms with van der Waals surface area (Å²) in [5, 5.41) is 11.8. The standard InChI is InChI=1S/C15H15BrN2O3/c16-13-4-5-15(21)18(8-13)9-14(20)17-7-11-2-1-3-12(6-11)10-19/h1-6,8,19H,7,9-10H2,(H,17,20). The fourth-order valence-electron chi connectivity index (χ4n) is 1.87. The molecule has 5 nitrogen and oxygen atoms in total. The molecule has 0 aliphatic heterocycles. The summed E-state index contributed by atoms with van der Waals surface area (Å²) >= 11 is 3.26. The molecule has 0 bridgehead atoms. The number of aliphatic hydroxyl groups excluding tert-OH is 1. The first kappa shape index (κ1) is 15.5. The van der Waals surface area contributed by atoms with Crippen LogP contribution in [0.4, 0.5) is 0 Å². The Balaban J connectivity index is 1.95. The van der Waals surface area contributed by atoms with Gasteiger partial charge in [0.05, 0.1) is 6.61 Å². The average Bonchev–Trinajstić information content (AvgIpc) is 2.49. The van der Waals surface area contributed by atoms with E-state index in [2.05, 4.69) is 21.2 Å². The van der Waals surface area contributed by atoms with Gasteiger partial charge in [-0.25, -0.2) is 0 Å². The highest BCUT2D eigenvalue weighted by Gasteiger charge is 2.05. The van der Waals surface area contributed by atoms with Crippen molar-refractivity contribution in [3.63, 3.8) is 0 Å². The third kappa shape index (κ3) is 4.54. The van der Waals surface area contributed by atoms with Crippen LogP contribution in [-0.4, -0.2) is 15.6 Å². The Kier molecular flexibility index (Phi) is 5.30. The number of pyridine rings is 1. The van der Waals surface area contributed by atoms with Crippen LogP contribution >= 0.6 is 15.9 Å². The van der Waals surface area contributed by atoms with E-state index in [1.807, 2.05) is 24.3 Å². The molecule has 1 amide bonds. The summed E-state index contributed by atoms with van der Waals surface area (Å²) in [7, 11) is 0. The van der Waals surface area contributed by atoms with Crippen molar-refractivity contribution in [1.82, 2.24) is 9.88 Å². The number of benzene rings is 1. The van der Waals surface area contributed by atoms with E-state index in [0.717, 1.165) is 15.6 Å². The molecule has 0 unspecified atom stereocenters. The molecule has 21 heavy (non-hydrogen) atoms. The van der Waals surface area contributed by atoms with Crippen LogP contribution in [0.5, 0.6) is 0 Å². The molecule has 2 rings (SSSR count). The lowest BCUT2D eigenvalue weighted by Gasteiger charge is -2.08. The van der Waals surface area contributed by atoms with E-state index in [1.165, 1.54) is 10.6 Å². The van der Waals surface area contributed by atoms with Crippen molar-refractivity contribution in [2.75, 3.05) is 0 Å². The topological polar surface area (TPSA) is 71.3 Å². The first-order valence-electron chi connectivity index (χ1n) is 6.40. The van der Waals surface area contributed by atoms with Gasteiger partial charge in [-0.3, -0.25) is 9.59 Å². The molecular formula is C15H15BrN2O3. The molecule has 0 spiro atoms. The second-order valence-corrected chi connectivity index (χ2v) is 5.48. The van der Waals surface area contributed by atoms with Gasteiger partial charge in [0.15, 0.2) is 0 Å². The molecular weight excluding hydrogens is 336 g/mol. The van der Waals surface area contributed by atoms with Crippen LogP contribution in [0.3, 0.4) is 0 Å². The van der Waals surface area contributed by atoms with Crippen molar-refractivity contribution >= 4 is 21.8 Å². The van der Waals surface area contributed by atoms with Gasteiger partial charge in [-0.15, -0.1) is 0 Å². The van der Waals surface area contributed by atoms with Crippen molar-refractivity contribution in [3.8, 4) is 0 Å². The van der Waals surface area contributed by atoms with Crippen LogP contribution in [0.15, 0.2) is 51.9 Å². The summed E-state index contributed by atoms with van der Waals surface area (Å²) in [6.07, 6.45) is 1.58. The zero-order valence-electron chi connectivity index (χ0n) is 11.3. The highest BCUT2D eigenvalue weighted by atomic mass is 79.9. The van der Waals surface area contributed by atoms with Crippen molar-refractivity contribution in [3.05, 3.63) is 68.5 Å². The maximum Gasteiger partial charge on any atom is 0.251 e. The number of hydrogen-bond acceptors (Lipinski definition) is 3. The smallest absolute Gasteiger partial charge is 0.251 e. The molecule has 0 aliphatic rings. The van der Waals surface area contributed by atoms with Crippen molar-refractivity contribution in [2.24, 2.45) is 0 Å². The molecule has 0 saturated heterocycles. The Morgan fingerprint density at radius 3 is 2.76 bits per heavy atom. The average molecular weight is 351 g/mol. The number of carbonyl (C=O) groups excluding carboxylic acids is 1. The first-order chi connectivity index (χ1) is 10.1. The summed E-state index contributed by atoms with van der Waals surface area (Å²) in [6, 6.07) is 10.4. The molecule has 2 N–H and O–H groups in total. The summed E-state index contributed by atoms with van der Waals surface area (Å²) in [4.78, 5) is 23.5. The van der Waals surface area contributed by atoms with Crippen molar-refractivity contribution in [1.29, 1.82) is 0 Å². The molecule has 0 fully saturated rings. The molecule has 2 aromatic rings. The second-order valence-electron chi connectivity index (χ2n) is 4.57. The SMILES string of the molecule is O=C(Cn1cc(Br)ccc1=O)NCc1cccc(CO)c1. The number of amides is 1. The van der Waals surface area contributed by atoms with E-state index in [1.54, 1.807) is 12.3 Å². The Labute approximate surface area is 130 Å². The normalized spacial score (nSPS) is 10.4.